The molecule has 0 aliphatic heterocycles. The van der Waals surface area contributed by atoms with Crippen molar-refractivity contribution in [3.8, 4) is 11.5 Å². The number of hydrogen-bond acceptors (Lipinski definition) is 5. The number of halogens is 1. The van der Waals surface area contributed by atoms with Crippen molar-refractivity contribution >= 4 is 46.3 Å². The number of nitrogens with one attached hydrogen (secondary N) is 2. The molecule has 0 unspecified atom stereocenters. The maximum atomic E-state index is 12.1. The first-order chi connectivity index (χ1) is 14.8. The van der Waals surface area contributed by atoms with Crippen LogP contribution in [-0.2, 0) is 9.59 Å². The molecule has 2 rings (SSSR count). The van der Waals surface area contributed by atoms with E-state index in [4.69, 9.17) is 9.47 Å². The minimum Gasteiger partial charge on any atom is -0.493 e. The molecular formula is C23H28IN3O4. The average Bonchev–Trinajstić information content (AvgIpc) is 2.74. The first-order valence-electron chi connectivity index (χ1n) is 10.0. The molecule has 0 saturated heterocycles. The quantitative estimate of drug-likeness (QED) is 0.264. The number of carbonyl (C=O) groups excluding carboxylic acids is 2. The van der Waals surface area contributed by atoms with Crippen LogP contribution in [0.4, 0.5) is 5.69 Å². The normalized spacial score (nSPS) is 10.7. The largest absolute Gasteiger partial charge is 0.493 e. The molecule has 0 aliphatic carbocycles. The minimum atomic E-state index is -0.336. The van der Waals surface area contributed by atoms with Crippen LogP contribution in [0.15, 0.2) is 35.4 Å². The van der Waals surface area contributed by atoms with E-state index < -0.39 is 0 Å². The van der Waals surface area contributed by atoms with Crippen LogP contribution in [0, 0.1) is 17.4 Å². The highest BCUT2D eigenvalue weighted by Gasteiger charge is 2.11. The molecule has 0 atom stereocenters. The van der Waals surface area contributed by atoms with Gasteiger partial charge in [-0.25, -0.2) is 5.43 Å². The topological polar surface area (TPSA) is 89.0 Å². The lowest BCUT2D eigenvalue weighted by molar-refractivity contribution is -0.124. The number of methoxy groups -OCH3 is 1. The Morgan fingerprint density at radius 1 is 1.16 bits per heavy atom. The second-order valence-electron chi connectivity index (χ2n) is 6.97. The monoisotopic (exact) mass is 537 g/mol. The molecule has 0 radical (unpaired) electrons. The molecule has 2 aromatic rings. The van der Waals surface area contributed by atoms with E-state index in [0.29, 0.717) is 18.1 Å². The summed E-state index contributed by atoms with van der Waals surface area (Å²) in [5.41, 5.74) is 6.09. The Morgan fingerprint density at radius 2 is 1.90 bits per heavy atom. The molecule has 0 saturated carbocycles. The lowest BCUT2D eigenvalue weighted by Gasteiger charge is -2.12. The molecule has 166 valence electrons. The van der Waals surface area contributed by atoms with Crippen molar-refractivity contribution in [2.75, 3.05) is 19.0 Å². The summed E-state index contributed by atoms with van der Waals surface area (Å²) in [5.74, 6) is 0.754. The molecule has 2 aromatic carbocycles. The summed E-state index contributed by atoms with van der Waals surface area (Å²) >= 11 is 2.17. The van der Waals surface area contributed by atoms with Crippen molar-refractivity contribution < 1.29 is 19.1 Å². The summed E-state index contributed by atoms with van der Waals surface area (Å²) in [6.45, 7) is 6.58. The maximum absolute atomic E-state index is 12.1. The molecule has 2 amide bonds. The van der Waals surface area contributed by atoms with Gasteiger partial charge in [0.05, 0.1) is 23.5 Å². The van der Waals surface area contributed by atoms with E-state index in [9.17, 15) is 9.59 Å². The summed E-state index contributed by atoms with van der Waals surface area (Å²) in [4.78, 5) is 24.2. The SMILES string of the molecule is CCCOc1c(I)cc(C=NNC(=O)CCC(=O)Nc2cccc(C)c2C)cc1OC. The smallest absolute Gasteiger partial charge is 0.240 e. The van der Waals surface area contributed by atoms with Gasteiger partial charge in [0.25, 0.3) is 0 Å². The number of hydrazone groups is 1. The highest BCUT2D eigenvalue weighted by Crippen LogP contribution is 2.33. The Morgan fingerprint density at radius 3 is 2.61 bits per heavy atom. The summed E-state index contributed by atoms with van der Waals surface area (Å²) in [5, 5.41) is 6.82. The van der Waals surface area contributed by atoms with Gasteiger partial charge in [-0.2, -0.15) is 5.10 Å². The zero-order chi connectivity index (χ0) is 22.8. The molecular weight excluding hydrogens is 509 g/mol. The molecule has 0 spiro atoms. The van der Waals surface area contributed by atoms with Crippen molar-refractivity contribution in [2.45, 2.75) is 40.0 Å². The fourth-order valence-electron chi connectivity index (χ4n) is 2.72. The second-order valence-corrected chi connectivity index (χ2v) is 8.13. The average molecular weight is 537 g/mol. The fourth-order valence-corrected chi connectivity index (χ4v) is 3.50. The number of ether oxygens (including phenoxy) is 2. The van der Waals surface area contributed by atoms with Gasteiger partial charge in [-0.05, 0) is 77.7 Å². The van der Waals surface area contributed by atoms with E-state index in [2.05, 4.69) is 38.4 Å². The molecule has 8 heteroatoms. The second kappa shape index (κ2) is 12.3. The minimum absolute atomic E-state index is 0.0404. The van der Waals surface area contributed by atoms with Gasteiger partial charge < -0.3 is 14.8 Å². The van der Waals surface area contributed by atoms with E-state index in [-0.39, 0.29) is 24.7 Å². The highest BCUT2D eigenvalue weighted by atomic mass is 127. The molecule has 0 fully saturated rings. The number of benzene rings is 2. The number of carbonyl (C=O) groups is 2. The van der Waals surface area contributed by atoms with Crippen LogP contribution in [-0.4, -0.2) is 31.7 Å². The van der Waals surface area contributed by atoms with Crippen molar-refractivity contribution in [2.24, 2.45) is 5.10 Å². The van der Waals surface area contributed by atoms with Crippen molar-refractivity contribution in [3.63, 3.8) is 0 Å². The van der Waals surface area contributed by atoms with Crippen LogP contribution in [0.25, 0.3) is 0 Å². The first-order valence-corrected chi connectivity index (χ1v) is 11.1. The lowest BCUT2D eigenvalue weighted by atomic mass is 10.1. The third-order valence-electron chi connectivity index (χ3n) is 4.56. The first kappa shape index (κ1) is 24.6. The zero-order valence-corrected chi connectivity index (χ0v) is 20.4. The lowest BCUT2D eigenvalue weighted by Crippen LogP contribution is -2.21. The summed E-state index contributed by atoms with van der Waals surface area (Å²) in [6.07, 6.45) is 2.54. The third kappa shape index (κ3) is 7.54. The highest BCUT2D eigenvalue weighted by molar-refractivity contribution is 14.1. The van der Waals surface area contributed by atoms with Crippen LogP contribution in [0.5, 0.6) is 11.5 Å². The Hall–Kier alpha value is -2.62. The van der Waals surface area contributed by atoms with E-state index in [0.717, 1.165) is 32.4 Å². The molecule has 7 nitrogen and oxygen atoms in total. The van der Waals surface area contributed by atoms with Gasteiger partial charge >= 0.3 is 0 Å². The number of anilines is 1. The van der Waals surface area contributed by atoms with E-state index in [1.165, 1.54) is 6.21 Å². The molecule has 0 aliphatic rings. The standard InChI is InChI=1S/C23H28IN3O4/c1-5-11-31-23-18(24)12-17(13-20(23)30-4)14-25-27-22(29)10-9-21(28)26-19-8-6-7-15(2)16(19)3/h6-8,12-14H,5,9-11H2,1-4H3,(H,26,28)(H,27,29). The van der Waals surface area contributed by atoms with Gasteiger partial charge in [-0.15, -0.1) is 0 Å². The molecule has 2 N–H and O–H groups in total. The van der Waals surface area contributed by atoms with Crippen LogP contribution >= 0.6 is 22.6 Å². The zero-order valence-electron chi connectivity index (χ0n) is 18.3. The Balaban J connectivity index is 1.87. The molecule has 0 heterocycles. The van der Waals surface area contributed by atoms with Gasteiger partial charge in [0.15, 0.2) is 11.5 Å². The van der Waals surface area contributed by atoms with Gasteiger partial charge in [0, 0.05) is 18.5 Å². The van der Waals surface area contributed by atoms with Gasteiger partial charge in [-0.1, -0.05) is 19.1 Å². The molecule has 31 heavy (non-hydrogen) atoms. The predicted molar refractivity (Wildman–Crippen MR) is 131 cm³/mol. The van der Waals surface area contributed by atoms with Crippen molar-refractivity contribution in [1.82, 2.24) is 5.43 Å². The van der Waals surface area contributed by atoms with E-state index in [1.807, 2.05) is 45.0 Å². The van der Waals surface area contributed by atoms with Gasteiger partial charge in [-0.3, -0.25) is 9.59 Å². The summed E-state index contributed by atoms with van der Waals surface area (Å²) in [7, 11) is 1.58. The van der Waals surface area contributed by atoms with Crippen LogP contribution in [0.2, 0.25) is 0 Å². The number of amides is 2. The van der Waals surface area contributed by atoms with Crippen LogP contribution in [0.1, 0.15) is 42.9 Å². The maximum Gasteiger partial charge on any atom is 0.240 e. The molecule has 0 bridgehead atoms. The number of aryl methyl sites for hydroxylation is 1. The van der Waals surface area contributed by atoms with Gasteiger partial charge in [0.2, 0.25) is 11.8 Å². The summed E-state index contributed by atoms with van der Waals surface area (Å²) < 4.78 is 12.0. The summed E-state index contributed by atoms with van der Waals surface area (Å²) in [6, 6.07) is 9.40. The van der Waals surface area contributed by atoms with Gasteiger partial charge in [0.1, 0.15) is 0 Å². The Labute approximate surface area is 196 Å². The fraction of sp³-hybridized carbons (Fsp3) is 0.348. The number of hydrogen-bond donors (Lipinski definition) is 2. The third-order valence-corrected chi connectivity index (χ3v) is 5.36. The van der Waals surface area contributed by atoms with Crippen LogP contribution in [0.3, 0.4) is 0 Å². The van der Waals surface area contributed by atoms with E-state index in [1.54, 1.807) is 13.2 Å². The Kier molecular flexibility index (Phi) is 9.77. The van der Waals surface area contributed by atoms with Crippen LogP contribution < -0.4 is 20.2 Å². The van der Waals surface area contributed by atoms with Crippen molar-refractivity contribution in [3.05, 3.63) is 50.6 Å². The number of nitrogens with zero attached hydrogens (tertiary/aromatic N) is 1. The Bertz CT molecular complexity index is 960. The predicted octanol–water partition coefficient (Wildman–Crippen LogP) is 4.57. The molecule has 0 aromatic heterocycles. The number of rotatable bonds is 10. The van der Waals surface area contributed by atoms with Crippen molar-refractivity contribution in [1.29, 1.82) is 0 Å². The van der Waals surface area contributed by atoms with E-state index >= 15 is 0 Å².